The zero-order valence-corrected chi connectivity index (χ0v) is 8.92. The molecule has 0 radical (unpaired) electrons. The van der Waals surface area contributed by atoms with Crippen molar-refractivity contribution in [1.82, 2.24) is 4.90 Å². The van der Waals surface area contributed by atoms with Gasteiger partial charge in [-0.25, -0.2) is 0 Å². The highest BCUT2D eigenvalue weighted by molar-refractivity contribution is 5.73. The molecule has 0 aliphatic heterocycles. The number of carbonyl (C=O) groups is 1. The zero-order chi connectivity index (χ0) is 9.72. The fraction of sp³-hybridized carbons (Fsp3) is 0.900. The van der Waals surface area contributed by atoms with Gasteiger partial charge in [0.25, 0.3) is 0 Å². The van der Waals surface area contributed by atoms with Crippen LogP contribution in [0.1, 0.15) is 41.0 Å². The average molecular weight is 171 g/mol. The summed E-state index contributed by atoms with van der Waals surface area (Å²) in [5.74, 6) is 0.793. The lowest BCUT2D eigenvalue weighted by Gasteiger charge is -2.27. The lowest BCUT2D eigenvalue weighted by molar-refractivity contribution is -0.131. The van der Waals surface area contributed by atoms with E-state index in [0.29, 0.717) is 12.0 Å². The molecule has 0 saturated carbocycles. The summed E-state index contributed by atoms with van der Waals surface area (Å²) in [5.41, 5.74) is 0. The van der Waals surface area contributed by atoms with E-state index >= 15 is 0 Å². The summed E-state index contributed by atoms with van der Waals surface area (Å²) in [4.78, 5) is 13.1. The molecule has 0 N–H and O–H groups in total. The van der Waals surface area contributed by atoms with Gasteiger partial charge in [-0.1, -0.05) is 20.3 Å². The minimum atomic E-state index is 0.185. The van der Waals surface area contributed by atoms with Crippen molar-refractivity contribution in [1.29, 1.82) is 0 Å². The maximum Gasteiger partial charge on any atom is 0.219 e. The maximum atomic E-state index is 11.2. The molecule has 12 heavy (non-hydrogen) atoms. The normalized spacial score (nSPS) is 13.2. The first-order chi connectivity index (χ1) is 5.49. The molecule has 0 aliphatic rings. The van der Waals surface area contributed by atoms with E-state index in [-0.39, 0.29) is 5.91 Å². The number of nitrogens with zero attached hydrogens (tertiary/aromatic N) is 1. The van der Waals surface area contributed by atoms with Crippen LogP contribution < -0.4 is 0 Å². The molecule has 0 saturated heterocycles. The summed E-state index contributed by atoms with van der Waals surface area (Å²) in [6.45, 7) is 11.0. The predicted molar refractivity (Wildman–Crippen MR) is 52.0 cm³/mol. The summed E-state index contributed by atoms with van der Waals surface area (Å²) in [6.07, 6.45) is 1.14. The highest BCUT2D eigenvalue weighted by atomic mass is 16.2. The van der Waals surface area contributed by atoms with Gasteiger partial charge < -0.3 is 4.90 Å². The molecule has 0 aromatic rings. The van der Waals surface area contributed by atoms with Crippen molar-refractivity contribution < 1.29 is 4.79 Å². The van der Waals surface area contributed by atoms with Crippen molar-refractivity contribution in [2.45, 2.75) is 47.1 Å². The summed E-state index contributed by atoms with van der Waals surface area (Å²) >= 11 is 0. The third kappa shape index (κ3) is 3.74. The van der Waals surface area contributed by atoms with Gasteiger partial charge in [-0.05, 0) is 19.8 Å². The Kier molecular flexibility index (Phi) is 4.95. The molecule has 0 heterocycles. The Labute approximate surface area is 75.9 Å². The lowest BCUT2D eigenvalue weighted by atomic mass is 10.1. The highest BCUT2D eigenvalue weighted by Gasteiger charge is 2.14. The second-order valence-electron chi connectivity index (χ2n) is 3.78. The summed E-state index contributed by atoms with van der Waals surface area (Å²) in [6, 6.07) is 0.330. The van der Waals surface area contributed by atoms with Gasteiger partial charge in [0.1, 0.15) is 0 Å². The van der Waals surface area contributed by atoms with E-state index in [1.807, 2.05) is 4.90 Å². The maximum absolute atomic E-state index is 11.2. The topological polar surface area (TPSA) is 20.3 Å². The number of amides is 1. The van der Waals surface area contributed by atoms with Crippen LogP contribution in [-0.2, 0) is 4.79 Å². The molecule has 0 aliphatic carbocycles. The van der Waals surface area contributed by atoms with E-state index in [4.69, 9.17) is 0 Å². The van der Waals surface area contributed by atoms with Crippen LogP contribution in [0.15, 0.2) is 0 Å². The van der Waals surface area contributed by atoms with Gasteiger partial charge >= 0.3 is 0 Å². The van der Waals surface area contributed by atoms with Crippen molar-refractivity contribution in [2.75, 3.05) is 6.54 Å². The summed E-state index contributed by atoms with van der Waals surface area (Å²) < 4.78 is 0. The monoisotopic (exact) mass is 171 g/mol. The van der Waals surface area contributed by atoms with Gasteiger partial charge in [0.15, 0.2) is 0 Å². The smallest absolute Gasteiger partial charge is 0.219 e. The summed E-state index contributed by atoms with van der Waals surface area (Å²) in [5, 5.41) is 0. The fourth-order valence-electron chi connectivity index (χ4n) is 1.17. The molecule has 0 rings (SSSR count). The fourth-order valence-corrected chi connectivity index (χ4v) is 1.17. The number of hydrogen-bond acceptors (Lipinski definition) is 1. The Bertz CT molecular complexity index is 143. The van der Waals surface area contributed by atoms with E-state index in [1.165, 1.54) is 0 Å². The van der Waals surface area contributed by atoms with Crippen molar-refractivity contribution >= 4 is 5.91 Å². The van der Waals surface area contributed by atoms with Crippen LogP contribution in [0.4, 0.5) is 0 Å². The third-order valence-corrected chi connectivity index (χ3v) is 2.23. The van der Waals surface area contributed by atoms with Crippen molar-refractivity contribution in [3.05, 3.63) is 0 Å². The standard InChI is InChI=1S/C10H21NO/c1-6-9(4)7-11(8(2)3)10(5)12/h8-9H,6-7H2,1-5H3. The molecule has 0 aromatic carbocycles. The van der Waals surface area contributed by atoms with Crippen LogP contribution >= 0.6 is 0 Å². The van der Waals surface area contributed by atoms with Gasteiger partial charge in [-0.3, -0.25) is 4.79 Å². The second-order valence-corrected chi connectivity index (χ2v) is 3.78. The Morgan fingerprint density at radius 1 is 1.33 bits per heavy atom. The van der Waals surface area contributed by atoms with E-state index in [9.17, 15) is 4.79 Å². The Balaban J connectivity index is 4.05. The van der Waals surface area contributed by atoms with Crippen LogP contribution in [0, 0.1) is 5.92 Å². The molecule has 0 spiro atoms. The minimum absolute atomic E-state index is 0.185. The molecule has 0 aromatic heterocycles. The first-order valence-corrected chi connectivity index (χ1v) is 4.76. The van der Waals surface area contributed by atoms with Crippen LogP contribution in [0.2, 0.25) is 0 Å². The predicted octanol–water partition coefficient (Wildman–Crippen LogP) is 2.29. The average Bonchev–Trinajstić information content (AvgIpc) is 1.98. The lowest BCUT2D eigenvalue weighted by Crippen LogP contribution is -2.38. The van der Waals surface area contributed by atoms with E-state index in [2.05, 4.69) is 27.7 Å². The first-order valence-electron chi connectivity index (χ1n) is 4.76. The zero-order valence-electron chi connectivity index (χ0n) is 8.92. The quantitative estimate of drug-likeness (QED) is 0.635. The Morgan fingerprint density at radius 3 is 2.08 bits per heavy atom. The molecular formula is C10H21NO. The SMILES string of the molecule is CCC(C)CN(C(C)=O)C(C)C. The van der Waals surface area contributed by atoms with Gasteiger partial charge in [0.2, 0.25) is 5.91 Å². The molecule has 1 unspecified atom stereocenters. The van der Waals surface area contributed by atoms with Crippen molar-refractivity contribution in [3.8, 4) is 0 Å². The van der Waals surface area contributed by atoms with Crippen LogP contribution in [0.3, 0.4) is 0 Å². The number of carbonyl (C=O) groups excluding carboxylic acids is 1. The van der Waals surface area contributed by atoms with Gasteiger partial charge in [-0.15, -0.1) is 0 Å². The Hall–Kier alpha value is -0.530. The van der Waals surface area contributed by atoms with E-state index < -0.39 is 0 Å². The molecule has 0 bridgehead atoms. The van der Waals surface area contributed by atoms with Crippen LogP contribution in [0.5, 0.6) is 0 Å². The molecule has 1 amide bonds. The molecular weight excluding hydrogens is 150 g/mol. The van der Waals surface area contributed by atoms with Crippen LogP contribution in [-0.4, -0.2) is 23.4 Å². The van der Waals surface area contributed by atoms with Crippen molar-refractivity contribution in [3.63, 3.8) is 0 Å². The largest absolute Gasteiger partial charge is 0.340 e. The number of hydrogen-bond donors (Lipinski definition) is 0. The van der Waals surface area contributed by atoms with Gasteiger partial charge in [0.05, 0.1) is 0 Å². The number of rotatable bonds is 4. The molecule has 2 nitrogen and oxygen atoms in total. The molecule has 0 fully saturated rings. The van der Waals surface area contributed by atoms with Crippen molar-refractivity contribution in [2.24, 2.45) is 5.92 Å². The Morgan fingerprint density at radius 2 is 1.83 bits per heavy atom. The van der Waals surface area contributed by atoms with E-state index in [1.54, 1.807) is 6.92 Å². The first kappa shape index (κ1) is 11.5. The molecule has 72 valence electrons. The minimum Gasteiger partial charge on any atom is -0.340 e. The second kappa shape index (κ2) is 5.18. The van der Waals surface area contributed by atoms with Gasteiger partial charge in [-0.2, -0.15) is 0 Å². The summed E-state index contributed by atoms with van der Waals surface area (Å²) in [7, 11) is 0. The third-order valence-electron chi connectivity index (χ3n) is 2.23. The highest BCUT2D eigenvalue weighted by Crippen LogP contribution is 2.07. The molecule has 1 atom stereocenters. The molecule has 2 heteroatoms. The van der Waals surface area contributed by atoms with Crippen LogP contribution in [0.25, 0.3) is 0 Å². The van der Waals surface area contributed by atoms with Gasteiger partial charge in [0, 0.05) is 19.5 Å². The van der Waals surface area contributed by atoms with E-state index in [0.717, 1.165) is 13.0 Å².